The van der Waals surface area contributed by atoms with E-state index in [1.807, 2.05) is 19.2 Å². The van der Waals surface area contributed by atoms with Gasteiger partial charge in [-0.3, -0.25) is 4.79 Å². The van der Waals surface area contributed by atoms with E-state index in [1.54, 1.807) is 11.8 Å². The third-order valence-electron chi connectivity index (χ3n) is 2.69. The maximum Gasteiger partial charge on any atom is 0.305 e. The van der Waals surface area contributed by atoms with E-state index < -0.39 is 5.97 Å². The van der Waals surface area contributed by atoms with Crippen LogP contribution >= 0.6 is 27.7 Å². The molecule has 1 aromatic carbocycles. The van der Waals surface area contributed by atoms with Gasteiger partial charge in [0.15, 0.2) is 0 Å². The largest absolute Gasteiger partial charge is 0.481 e. The first-order valence-electron chi connectivity index (χ1n) is 4.95. The van der Waals surface area contributed by atoms with Crippen LogP contribution < -0.4 is 4.90 Å². The second-order valence-corrected chi connectivity index (χ2v) is 5.68. The third-order valence-corrected chi connectivity index (χ3v) is 4.52. The van der Waals surface area contributed by atoms with Crippen molar-refractivity contribution in [3.8, 4) is 0 Å². The predicted octanol–water partition coefficient (Wildman–Crippen LogP) is 2.83. The first kappa shape index (κ1) is 11.8. The molecule has 0 saturated carbocycles. The van der Waals surface area contributed by atoms with Crippen LogP contribution in [0.3, 0.4) is 0 Å². The fourth-order valence-corrected chi connectivity index (χ4v) is 3.89. The molecule has 1 heterocycles. The monoisotopic (exact) mass is 301 g/mol. The zero-order valence-corrected chi connectivity index (χ0v) is 11.2. The molecule has 0 radical (unpaired) electrons. The maximum absolute atomic E-state index is 10.8. The minimum absolute atomic E-state index is 0.0636. The number of para-hydroxylation sites is 1. The van der Waals surface area contributed by atoms with Crippen molar-refractivity contribution in [2.75, 3.05) is 17.7 Å². The van der Waals surface area contributed by atoms with Crippen LogP contribution in [0, 0.1) is 0 Å². The Kier molecular flexibility index (Phi) is 3.44. The summed E-state index contributed by atoms with van der Waals surface area (Å²) in [5.74, 6) is 0.0830. The van der Waals surface area contributed by atoms with Gasteiger partial charge in [-0.25, -0.2) is 0 Å². The minimum atomic E-state index is -0.743. The average Bonchev–Trinajstić information content (AvgIpc) is 2.22. The molecule has 0 saturated heterocycles. The standard InChI is InChI=1S/C11H12BrNO2S/c1-13-7(5-10(14)15)6-16-9-4-2-3-8(12)11(9)13/h2-4,7H,5-6H2,1H3,(H,14,15). The fraction of sp³-hybridized carbons (Fsp3) is 0.364. The number of rotatable bonds is 2. The van der Waals surface area contributed by atoms with Gasteiger partial charge in [0.25, 0.3) is 0 Å². The summed E-state index contributed by atoms with van der Waals surface area (Å²) in [4.78, 5) is 14.0. The van der Waals surface area contributed by atoms with Gasteiger partial charge in [-0.05, 0) is 28.1 Å². The summed E-state index contributed by atoms with van der Waals surface area (Å²) in [5.41, 5.74) is 1.10. The molecule has 16 heavy (non-hydrogen) atoms. The molecule has 1 aromatic rings. The number of thioether (sulfide) groups is 1. The highest BCUT2D eigenvalue weighted by Crippen LogP contribution is 2.41. The molecule has 5 heteroatoms. The Morgan fingerprint density at radius 3 is 3.12 bits per heavy atom. The average molecular weight is 302 g/mol. The summed E-state index contributed by atoms with van der Waals surface area (Å²) in [7, 11) is 1.96. The van der Waals surface area contributed by atoms with Gasteiger partial charge >= 0.3 is 5.97 Å². The van der Waals surface area contributed by atoms with Crippen molar-refractivity contribution in [2.45, 2.75) is 17.4 Å². The highest BCUT2D eigenvalue weighted by Gasteiger charge is 2.27. The summed E-state index contributed by atoms with van der Waals surface area (Å²) in [6.07, 6.45) is 0.185. The van der Waals surface area contributed by atoms with Crippen LogP contribution in [0.5, 0.6) is 0 Å². The maximum atomic E-state index is 10.8. The predicted molar refractivity (Wildman–Crippen MR) is 69.3 cm³/mol. The van der Waals surface area contributed by atoms with Crippen LogP contribution in [0.2, 0.25) is 0 Å². The van der Waals surface area contributed by atoms with Gasteiger partial charge in [0.2, 0.25) is 0 Å². The molecule has 0 fully saturated rings. The molecule has 3 nitrogen and oxygen atoms in total. The van der Waals surface area contributed by atoms with E-state index in [0.717, 1.165) is 15.9 Å². The molecule has 0 bridgehead atoms. The molecular formula is C11H12BrNO2S. The van der Waals surface area contributed by atoms with E-state index in [4.69, 9.17) is 5.11 Å². The summed E-state index contributed by atoms with van der Waals surface area (Å²) in [6, 6.07) is 6.12. The summed E-state index contributed by atoms with van der Waals surface area (Å²) in [5, 5.41) is 8.85. The van der Waals surface area contributed by atoms with Crippen LogP contribution in [0.1, 0.15) is 6.42 Å². The first-order chi connectivity index (χ1) is 7.59. The Morgan fingerprint density at radius 1 is 1.69 bits per heavy atom. The minimum Gasteiger partial charge on any atom is -0.481 e. The Bertz CT molecular complexity index is 424. The van der Waals surface area contributed by atoms with Crippen LogP contribution in [-0.2, 0) is 4.79 Å². The van der Waals surface area contributed by atoms with Gasteiger partial charge in [-0.15, -0.1) is 11.8 Å². The van der Waals surface area contributed by atoms with E-state index in [9.17, 15) is 4.79 Å². The lowest BCUT2D eigenvalue weighted by Gasteiger charge is -2.35. The number of hydrogen-bond acceptors (Lipinski definition) is 3. The zero-order valence-electron chi connectivity index (χ0n) is 8.81. The van der Waals surface area contributed by atoms with Gasteiger partial charge in [0, 0.05) is 28.2 Å². The molecule has 1 N–H and O–H groups in total. The topological polar surface area (TPSA) is 40.5 Å². The number of aliphatic carboxylic acids is 1. The molecule has 1 atom stereocenters. The molecule has 1 aliphatic rings. The molecule has 0 aromatic heterocycles. The molecule has 0 aliphatic carbocycles. The fourth-order valence-electron chi connectivity index (χ4n) is 1.83. The second-order valence-electron chi connectivity index (χ2n) is 3.76. The van der Waals surface area contributed by atoms with Gasteiger partial charge in [-0.2, -0.15) is 0 Å². The van der Waals surface area contributed by atoms with E-state index >= 15 is 0 Å². The number of carboxylic acid groups (broad SMARTS) is 1. The van der Waals surface area contributed by atoms with Crippen LogP contribution in [0.15, 0.2) is 27.6 Å². The van der Waals surface area contributed by atoms with Crippen molar-refractivity contribution in [2.24, 2.45) is 0 Å². The number of anilines is 1. The van der Waals surface area contributed by atoms with Crippen molar-refractivity contribution in [1.29, 1.82) is 0 Å². The lowest BCUT2D eigenvalue weighted by molar-refractivity contribution is -0.137. The second kappa shape index (κ2) is 4.67. The van der Waals surface area contributed by atoms with Gasteiger partial charge < -0.3 is 10.0 Å². The molecular weight excluding hydrogens is 290 g/mol. The van der Waals surface area contributed by atoms with Crippen molar-refractivity contribution in [3.63, 3.8) is 0 Å². The zero-order chi connectivity index (χ0) is 11.7. The highest BCUT2D eigenvalue weighted by atomic mass is 79.9. The molecule has 1 aliphatic heterocycles. The van der Waals surface area contributed by atoms with E-state index in [2.05, 4.69) is 26.9 Å². The SMILES string of the molecule is CN1c2c(Br)cccc2SCC1CC(=O)O. The van der Waals surface area contributed by atoms with Crippen molar-refractivity contribution in [3.05, 3.63) is 22.7 Å². The Labute approximate surface area is 107 Å². The van der Waals surface area contributed by atoms with Crippen LogP contribution in [0.4, 0.5) is 5.69 Å². The number of carbonyl (C=O) groups is 1. The van der Waals surface area contributed by atoms with Gasteiger partial charge in [-0.1, -0.05) is 6.07 Å². The molecule has 1 unspecified atom stereocenters. The van der Waals surface area contributed by atoms with Gasteiger partial charge in [0.05, 0.1) is 12.1 Å². The molecule has 0 spiro atoms. The molecule has 0 amide bonds. The van der Waals surface area contributed by atoms with Crippen molar-refractivity contribution < 1.29 is 9.90 Å². The van der Waals surface area contributed by atoms with Crippen molar-refractivity contribution >= 4 is 39.3 Å². The van der Waals surface area contributed by atoms with E-state index in [1.165, 1.54) is 4.90 Å². The highest BCUT2D eigenvalue weighted by molar-refractivity contribution is 9.10. The van der Waals surface area contributed by atoms with Crippen LogP contribution in [-0.4, -0.2) is 29.9 Å². The summed E-state index contributed by atoms with van der Waals surface area (Å²) >= 11 is 5.24. The summed E-state index contributed by atoms with van der Waals surface area (Å²) in [6.45, 7) is 0. The number of hydrogen-bond donors (Lipinski definition) is 1. The Hall–Kier alpha value is -0.680. The van der Waals surface area contributed by atoms with Crippen LogP contribution in [0.25, 0.3) is 0 Å². The molecule has 86 valence electrons. The normalized spacial score (nSPS) is 19.4. The van der Waals surface area contributed by atoms with E-state index in [0.29, 0.717) is 0 Å². The quantitative estimate of drug-likeness (QED) is 0.912. The number of carboxylic acids is 1. The number of benzene rings is 1. The summed E-state index contributed by atoms with van der Waals surface area (Å²) < 4.78 is 1.02. The third kappa shape index (κ3) is 2.20. The first-order valence-corrected chi connectivity index (χ1v) is 6.73. The van der Waals surface area contributed by atoms with Crippen molar-refractivity contribution in [1.82, 2.24) is 0 Å². The Morgan fingerprint density at radius 2 is 2.44 bits per heavy atom. The number of nitrogens with zero attached hydrogens (tertiary/aromatic N) is 1. The Balaban J connectivity index is 2.30. The molecule has 2 rings (SSSR count). The van der Waals surface area contributed by atoms with Gasteiger partial charge in [0.1, 0.15) is 0 Å². The lowest BCUT2D eigenvalue weighted by atomic mass is 10.1. The van der Waals surface area contributed by atoms with E-state index in [-0.39, 0.29) is 12.5 Å². The smallest absolute Gasteiger partial charge is 0.305 e. The number of fused-ring (bicyclic) bond motifs is 1. The lowest BCUT2D eigenvalue weighted by Crippen LogP contribution is -2.38. The number of halogens is 1.